The van der Waals surface area contributed by atoms with Crippen LogP contribution in [0.4, 0.5) is 20.7 Å². The molecule has 6 nitrogen and oxygen atoms in total. The molecule has 3 rings (SSSR count). The first kappa shape index (κ1) is 17.7. The fourth-order valence-electron chi connectivity index (χ4n) is 3.34. The van der Waals surface area contributed by atoms with E-state index in [4.69, 9.17) is 0 Å². The summed E-state index contributed by atoms with van der Waals surface area (Å²) >= 11 is 1.41. The third-order valence-electron chi connectivity index (χ3n) is 4.54. The number of carbonyl (C=O) groups is 1. The highest BCUT2D eigenvalue weighted by molar-refractivity contribution is 7.19. The minimum Gasteiger partial charge on any atom is -0.347 e. The number of urea groups is 1. The van der Waals surface area contributed by atoms with Crippen molar-refractivity contribution in [2.24, 2.45) is 0 Å². The van der Waals surface area contributed by atoms with Crippen LogP contribution in [-0.2, 0) is 0 Å². The molecule has 1 aromatic heterocycles. The smallest absolute Gasteiger partial charge is 0.325 e. The normalized spacial score (nSPS) is 15.0. The summed E-state index contributed by atoms with van der Waals surface area (Å²) in [5.74, 6) is 0. The van der Waals surface area contributed by atoms with Crippen LogP contribution in [0.1, 0.15) is 43.2 Å². The Bertz CT molecular complexity index is 719. The number of aryl methyl sites for hydroxylation is 2. The molecule has 0 spiro atoms. The molecule has 1 heterocycles. The zero-order chi connectivity index (χ0) is 17.8. The number of rotatable bonds is 4. The lowest BCUT2D eigenvalue weighted by Crippen LogP contribution is -2.33. The van der Waals surface area contributed by atoms with Crippen LogP contribution >= 0.6 is 11.3 Å². The van der Waals surface area contributed by atoms with Gasteiger partial charge in [0.05, 0.1) is 0 Å². The lowest BCUT2D eigenvalue weighted by Gasteiger charge is -2.30. The first-order valence-electron chi connectivity index (χ1n) is 8.74. The van der Waals surface area contributed by atoms with E-state index in [-0.39, 0.29) is 6.03 Å². The van der Waals surface area contributed by atoms with E-state index in [9.17, 15) is 4.79 Å². The minimum absolute atomic E-state index is 0.298. The maximum absolute atomic E-state index is 12.2. The molecule has 134 valence electrons. The topological polar surface area (TPSA) is 70.1 Å². The van der Waals surface area contributed by atoms with Gasteiger partial charge in [-0.2, -0.15) is 0 Å². The van der Waals surface area contributed by atoms with Crippen LogP contribution < -0.4 is 15.5 Å². The van der Waals surface area contributed by atoms with Gasteiger partial charge >= 0.3 is 6.03 Å². The fourth-order valence-corrected chi connectivity index (χ4v) is 4.11. The number of nitrogens with zero attached hydrogens (tertiary/aromatic N) is 3. The molecule has 0 saturated heterocycles. The molecule has 0 unspecified atom stereocenters. The Labute approximate surface area is 152 Å². The number of carbonyl (C=O) groups excluding carboxylic acids is 1. The summed E-state index contributed by atoms with van der Waals surface area (Å²) in [6.45, 7) is 4.02. The van der Waals surface area contributed by atoms with Crippen LogP contribution in [0.5, 0.6) is 0 Å². The molecule has 0 bridgehead atoms. The first-order chi connectivity index (χ1) is 12.0. The van der Waals surface area contributed by atoms with Crippen LogP contribution in [0, 0.1) is 13.8 Å². The van der Waals surface area contributed by atoms with E-state index < -0.39 is 0 Å². The monoisotopic (exact) mass is 359 g/mol. The summed E-state index contributed by atoms with van der Waals surface area (Å²) in [6.07, 6.45) is 6.28. The molecule has 2 aromatic rings. The highest BCUT2D eigenvalue weighted by Gasteiger charge is 2.21. The van der Waals surface area contributed by atoms with E-state index in [0.29, 0.717) is 11.2 Å². The summed E-state index contributed by atoms with van der Waals surface area (Å²) in [4.78, 5) is 14.4. The SMILES string of the molecule is Cc1cc(C)cc(NC(=O)Nc2nnc(N(C)C3CCCCC3)s2)c1. The van der Waals surface area contributed by atoms with E-state index in [1.54, 1.807) is 0 Å². The summed E-state index contributed by atoms with van der Waals surface area (Å²) < 4.78 is 0. The van der Waals surface area contributed by atoms with Crippen molar-refractivity contribution in [1.82, 2.24) is 10.2 Å². The van der Waals surface area contributed by atoms with Crippen LogP contribution in [0.2, 0.25) is 0 Å². The first-order valence-corrected chi connectivity index (χ1v) is 9.55. The molecule has 1 saturated carbocycles. The number of anilines is 3. The zero-order valence-electron chi connectivity index (χ0n) is 15.0. The van der Waals surface area contributed by atoms with Crippen LogP contribution in [-0.4, -0.2) is 29.3 Å². The molecule has 7 heteroatoms. The standard InChI is InChI=1S/C18H25N5OS/c1-12-9-13(2)11-14(10-12)19-16(24)20-17-21-22-18(25-17)23(3)15-7-5-4-6-8-15/h9-11,15H,4-8H2,1-3H3,(H2,19,20,21,24). The second-order valence-electron chi connectivity index (χ2n) is 6.75. The van der Waals surface area contributed by atoms with Crippen molar-refractivity contribution in [2.75, 3.05) is 22.6 Å². The Kier molecular flexibility index (Phi) is 5.53. The molecule has 0 atom stereocenters. The van der Waals surface area contributed by atoms with Gasteiger partial charge in [-0.1, -0.05) is 36.7 Å². The van der Waals surface area contributed by atoms with Crippen LogP contribution in [0.15, 0.2) is 18.2 Å². The van der Waals surface area contributed by atoms with Gasteiger partial charge < -0.3 is 10.2 Å². The van der Waals surface area contributed by atoms with Crippen LogP contribution in [0.25, 0.3) is 0 Å². The zero-order valence-corrected chi connectivity index (χ0v) is 15.8. The number of nitrogens with one attached hydrogen (secondary N) is 2. The van der Waals surface area contributed by atoms with Crippen molar-refractivity contribution in [2.45, 2.75) is 52.0 Å². The number of hydrogen-bond acceptors (Lipinski definition) is 5. The molecular formula is C18H25N5OS. The Morgan fingerprint density at radius 3 is 2.44 bits per heavy atom. The van der Waals surface area contributed by atoms with Crippen molar-refractivity contribution in [1.29, 1.82) is 0 Å². The predicted octanol–water partition coefficient (Wildman–Crippen LogP) is 4.57. The molecule has 1 aliphatic rings. The lowest BCUT2D eigenvalue weighted by molar-refractivity contribution is 0.262. The second-order valence-corrected chi connectivity index (χ2v) is 7.70. The van der Waals surface area contributed by atoms with E-state index in [1.807, 2.05) is 26.0 Å². The van der Waals surface area contributed by atoms with Gasteiger partial charge in [-0.3, -0.25) is 5.32 Å². The van der Waals surface area contributed by atoms with Gasteiger partial charge in [-0.15, -0.1) is 10.2 Å². The Balaban J connectivity index is 1.59. The molecular weight excluding hydrogens is 334 g/mol. The van der Waals surface area contributed by atoms with Gasteiger partial charge in [0.2, 0.25) is 10.3 Å². The second kappa shape index (κ2) is 7.82. The van der Waals surface area contributed by atoms with Gasteiger partial charge in [-0.05, 0) is 49.9 Å². The van der Waals surface area contributed by atoms with E-state index >= 15 is 0 Å². The number of aromatic nitrogens is 2. The van der Waals surface area contributed by atoms with Crippen molar-refractivity contribution >= 4 is 33.3 Å². The fraction of sp³-hybridized carbons (Fsp3) is 0.500. The minimum atomic E-state index is -0.298. The quantitative estimate of drug-likeness (QED) is 0.839. The lowest BCUT2D eigenvalue weighted by atomic mass is 9.95. The maximum Gasteiger partial charge on any atom is 0.325 e. The molecule has 0 radical (unpaired) electrons. The van der Waals surface area contributed by atoms with E-state index in [1.165, 1.54) is 43.4 Å². The third kappa shape index (κ3) is 4.69. The van der Waals surface area contributed by atoms with Crippen molar-refractivity contribution in [3.8, 4) is 0 Å². The number of hydrogen-bond donors (Lipinski definition) is 2. The molecule has 2 amide bonds. The average molecular weight is 359 g/mol. The third-order valence-corrected chi connectivity index (χ3v) is 5.47. The maximum atomic E-state index is 12.2. The Morgan fingerprint density at radius 2 is 1.76 bits per heavy atom. The van der Waals surface area contributed by atoms with Gasteiger partial charge in [-0.25, -0.2) is 4.79 Å². The van der Waals surface area contributed by atoms with Gasteiger partial charge in [0.1, 0.15) is 0 Å². The van der Waals surface area contributed by atoms with Crippen molar-refractivity contribution in [3.05, 3.63) is 29.3 Å². The molecule has 2 N–H and O–H groups in total. The molecule has 1 aromatic carbocycles. The van der Waals surface area contributed by atoms with Crippen LogP contribution in [0.3, 0.4) is 0 Å². The van der Waals surface area contributed by atoms with E-state index in [0.717, 1.165) is 21.9 Å². The summed E-state index contributed by atoms with van der Waals surface area (Å²) in [6, 6.07) is 6.18. The molecule has 0 aliphatic heterocycles. The number of benzene rings is 1. The highest BCUT2D eigenvalue weighted by atomic mass is 32.1. The van der Waals surface area contributed by atoms with Gasteiger partial charge in [0, 0.05) is 18.8 Å². The Morgan fingerprint density at radius 1 is 1.08 bits per heavy atom. The summed E-state index contributed by atoms with van der Waals surface area (Å²) in [5.41, 5.74) is 3.00. The molecule has 1 fully saturated rings. The summed E-state index contributed by atoms with van der Waals surface area (Å²) in [7, 11) is 2.07. The van der Waals surface area contributed by atoms with E-state index in [2.05, 4.69) is 38.8 Å². The summed E-state index contributed by atoms with van der Waals surface area (Å²) in [5, 5.41) is 15.3. The largest absolute Gasteiger partial charge is 0.347 e. The Hall–Kier alpha value is -2.15. The number of amides is 2. The molecule has 25 heavy (non-hydrogen) atoms. The van der Waals surface area contributed by atoms with Crippen molar-refractivity contribution < 1.29 is 4.79 Å². The van der Waals surface area contributed by atoms with Gasteiger partial charge in [0.25, 0.3) is 0 Å². The van der Waals surface area contributed by atoms with Crippen molar-refractivity contribution in [3.63, 3.8) is 0 Å². The highest BCUT2D eigenvalue weighted by Crippen LogP contribution is 2.29. The predicted molar refractivity (Wildman–Crippen MR) is 104 cm³/mol. The molecule has 1 aliphatic carbocycles. The average Bonchev–Trinajstić information content (AvgIpc) is 3.02. The van der Waals surface area contributed by atoms with Gasteiger partial charge in [0.15, 0.2) is 0 Å².